The average molecular weight is 361 g/mol. The molecule has 0 aliphatic heterocycles. The van der Waals surface area contributed by atoms with Crippen LogP contribution < -0.4 is 5.73 Å². The van der Waals surface area contributed by atoms with E-state index in [1.165, 1.54) is 0 Å². The highest BCUT2D eigenvalue weighted by atomic mass is 16.5. The van der Waals surface area contributed by atoms with E-state index in [2.05, 4.69) is 34.0 Å². The fourth-order valence-corrected chi connectivity index (χ4v) is 3.40. The van der Waals surface area contributed by atoms with Crippen LogP contribution in [-0.2, 0) is 0 Å². The third kappa shape index (κ3) is 2.48. The molecule has 0 unspecified atom stereocenters. The van der Waals surface area contributed by atoms with Gasteiger partial charge in [0.1, 0.15) is 17.2 Å². The molecule has 4 heterocycles. The van der Waals surface area contributed by atoms with Crippen LogP contribution in [0.2, 0.25) is 0 Å². The first-order valence-electron chi connectivity index (χ1n) is 9.05. The minimum atomic E-state index is 0.161. The van der Waals surface area contributed by atoms with Crippen molar-refractivity contribution in [2.24, 2.45) is 0 Å². The number of fused-ring (bicyclic) bond motifs is 1. The molecule has 4 aromatic rings. The third-order valence-electron chi connectivity index (χ3n) is 4.82. The SMILES string of the molecule is CC(C)n1nc(-c2noc(C3CC3)c2-c2ncccn2)c2c(N)nccc21. The topological polar surface area (TPSA) is 109 Å². The van der Waals surface area contributed by atoms with E-state index in [4.69, 9.17) is 15.4 Å². The van der Waals surface area contributed by atoms with Crippen molar-refractivity contribution in [1.29, 1.82) is 0 Å². The maximum absolute atomic E-state index is 6.22. The molecule has 0 atom stereocenters. The summed E-state index contributed by atoms with van der Waals surface area (Å²) >= 11 is 0. The van der Waals surface area contributed by atoms with Crippen LogP contribution in [0, 0.1) is 0 Å². The number of nitrogen functional groups attached to an aromatic ring is 1. The van der Waals surface area contributed by atoms with E-state index in [1.807, 2.05) is 10.7 Å². The van der Waals surface area contributed by atoms with Crippen LogP contribution in [0.1, 0.15) is 44.4 Å². The van der Waals surface area contributed by atoms with Crippen molar-refractivity contribution in [3.05, 3.63) is 36.5 Å². The van der Waals surface area contributed by atoms with Crippen molar-refractivity contribution >= 4 is 16.7 Å². The number of rotatable bonds is 4. The highest BCUT2D eigenvalue weighted by Crippen LogP contribution is 2.47. The van der Waals surface area contributed by atoms with Gasteiger partial charge in [-0.25, -0.2) is 15.0 Å². The summed E-state index contributed by atoms with van der Waals surface area (Å²) in [7, 11) is 0. The first-order chi connectivity index (χ1) is 13.1. The summed E-state index contributed by atoms with van der Waals surface area (Å²) in [6.45, 7) is 4.15. The molecule has 5 rings (SSSR count). The summed E-state index contributed by atoms with van der Waals surface area (Å²) in [6.07, 6.45) is 7.30. The van der Waals surface area contributed by atoms with E-state index < -0.39 is 0 Å². The van der Waals surface area contributed by atoms with Crippen LogP contribution >= 0.6 is 0 Å². The molecule has 2 N–H and O–H groups in total. The number of aromatic nitrogens is 6. The second kappa shape index (κ2) is 5.87. The van der Waals surface area contributed by atoms with Gasteiger partial charge in [0, 0.05) is 30.6 Å². The van der Waals surface area contributed by atoms with Gasteiger partial charge in [-0.3, -0.25) is 4.68 Å². The van der Waals surface area contributed by atoms with Crippen LogP contribution in [0.15, 0.2) is 35.2 Å². The Kier molecular flexibility index (Phi) is 3.46. The maximum atomic E-state index is 6.22. The molecule has 0 amide bonds. The lowest BCUT2D eigenvalue weighted by atomic mass is 10.1. The molecule has 1 aliphatic rings. The monoisotopic (exact) mass is 361 g/mol. The largest absolute Gasteiger partial charge is 0.383 e. The summed E-state index contributed by atoms with van der Waals surface area (Å²) in [4.78, 5) is 13.1. The molecule has 8 nitrogen and oxygen atoms in total. The van der Waals surface area contributed by atoms with Gasteiger partial charge in [-0.15, -0.1) is 0 Å². The second-order valence-electron chi connectivity index (χ2n) is 7.09. The Morgan fingerprint density at radius 1 is 1.11 bits per heavy atom. The van der Waals surface area contributed by atoms with Crippen molar-refractivity contribution in [3.63, 3.8) is 0 Å². The van der Waals surface area contributed by atoms with Gasteiger partial charge in [0.05, 0.1) is 16.5 Å². The highest BCUT2D eigenvalue weighted by Gasteiger charge is 2.35. The van der Waals surface area contributed by atoms with Gasteiger partial charge in [-0.2, -0.15) is 5.10 Å². The van der Waals surface area contributed by atoms with Crippen molar-refractivity contribution < 1.29 is 4.52 Å². The van der Waals surface area contributed by atoms with E-state index in [-0.39, 0.29) is 6.04 Å². The Labute approximate surface area is 155 Å². The molecule has 1 saturated carbocycles. The minimum Gasteiger partial charge on any atom is -0.383 e. The highest BCUT2D eigenvalue weighted by molar-refractivity contribution is 6.01. The van der Waals surface area contributed by atoms with Crippen LogP contribution in [0.25, 0.3) is 33.7 Å². The number of hydrogen-bond donors (Lipinski definition) is 1. The molecule has 8 heteroatoms. The Morgan fingerprint density at radius 2 is 1.89 bits per heavy atom. The fourth-order valence-electron chi connectivity index (χ4n) is 3.40. The lowest BCUT2D eigenvalue weighted by Crippen LogP contribution is -2.02. The Morgan fingerprint density at radius 3 is 2.59 bits per heavy atom. The molecule has 1 aliphatic carbocycles. The molecule has 4 aromatic heterocycles. The minimum absolute atomic E-state index is 0.161. The molecule has 0 aromatic carbocycles. The average Bonchev–Trinajstić information content (AvgIpc) is 3.29. The van der Waals surface area contributed by atoms with Crippen molar-refractivity contribution in [2.75, 3.05) is 5.73 Å². The Hall–Kier alpha value is -3.29. The van der Waals surface area contributed by atoms with Crippen molar-refractivity contribution in [3.8, 4) is 22.8 Å². The number of nitrogens with zero attached hydrogens (tertiary/aromatic N) is 6. The van der Waals surface area contributed by atoms with Gasteiger partial charge in [0.25, 0.3) is 0 Å². The summed E-state index contributed by atoms with van der Waals surface area (Å²) in [6, 6.07) is 3.87. The molecular formula is C19H19N7O. The zero-order valence-electron chi connectivity index (χ0n) is 15.1. The molecule has 0 saturated heterocycles. The zero-order valence-corrected chi connectivity index (χ0v) is 15.1. The quantitative estimate of drug-likeness (QED) is 0.591. The van der Waals surface area contributed by atoms with Crippen LogP contribution in [0.4, 0.5) is 5.82 Å². The van der Waals surface area contributed by atoms with Crippen LogP contribution in [0.5, 0.6) is 0 Å². The normalized spacial score (nSPS) is 14.3. The number of hydrogen-bond acceptors (Lipinski definition) is 7. The standard InChI is InChI=1S/C19H19N7O/c1-10(2)26-12-6-9-21-18(20)13(12)15(24-26)16-14(19-22-7-3-8-23-19)17(27-25-16)11-4-5-11/h3,6-11H,4-5H2,1-2H3,(H2,20,21). The first-order valence-corrected chi connectivity index (χ1v) is 9.05. The first kappa shape index (κ1) is 15.9. The molecule has 136 valence electrons. The number of pyridine rings is 1. The summed E-state index contributed by atoms with van der Waals surface area (Å²) in [5, 5.41) is 9.97. The van der Waals surface area contributed by atoms with E-state index >= 15 is 0 Å². The predicted octanol–water partition coefficient (Wildman–Crippen LogP) is 3.58. The lowest BCUT2D eigenvalue weighted by Gasteiger charge is -2.06. The smallest absolute Gasteiger partial charge is 0.165 e. The molecule has 0 radical (unpaired) electrons. The van der Waals surface area contributed by atoms with Crippen molar-refractivity contribution in [1.82, 2.24) is 29.9 Å². The predicted molar refractivity (Wildman–Crippen MR) is 101 cm³/mol. The summed E-state index contributed by atoms with van der Waals surface area (Å²) in [5.41, 5.74) is 9.22. The number of nitrogens with two attached hydrogens (primary N) is 1. The van der Waals surface area contributed by atoms with E-state index in [0.717, 1.165) is 35.1 Å². The van der Waals surface area contributed by atoms with Crippen molar-refractivity contribution in [2.45, 2.75) is 38.6 Å². The Bertz CT molecular complexity index is 1130. The molecular weight excluding hydrogens is 342 g/mol. The third-order valence-corrected chi connectivity index (χ3v) is 4.82. The van der Waals surface area contributed by atoms with Crippen LogP contribution in [-0.4, -0.2) is 29.9 Å². The summed E-state index contributed by atoms with van der Waals surface area (Å²) < 4.78 is 7.68. The molecule has 1 fully saturated rings. The van der Waals surface area contributed by atoms with Gasteiger partial charge in [-0.1, -0.05) is 5.16 Å². The van der Waals surface area contributed by atoms with Gasteiger partial charge in [0.15, 0.2) is 11.6 Å². The van der Waals surface area contributed by atoms with E-state index in [1.54, 1.807) is 24.7 Å². The maximum Gasteiger partial charge on any atom is 0.165 e. The van der Waals surface area contributed by atoms with Gasteiger partial charge in [0.2, 0.25) is 0 Å². The van der Waals surface area contributed by atoms with E-state index in [9.17, 15) is 0 Å². The number of anilines is 1. The van der Waals surface area contributed by atoms with Gasteiger partial charge >= 0.3 is 0 Å². The summed E-state index contributed by atoms with van der Waals surface area (Å²) in [5.74, 6) is 2.19. The zero-order chi connectivity index (χ0) is 18.5. The molecule has 0 spiro atoms. The van der Waals surface area contributed by atoms with Crippen LogP contribution in [0.3, 0.4) is 0 Å². The van der Waals surface area contributed by atoms with E-state index in [0.29, 0.717) is 28.9 Å². The van der Waals surface area contributed by atoms with Gasteiger partial charge < -0.3 is 10.3 Å². The van der Waals surface area contributed by atoms with Gasteiger partial charge in [-0.05, 0) is 38.8 Å². The molecule has 27 heavy (non-hydrogen) atoms. The Balaban J connectivity index is 1.82. The molecule has 0 bridgehead atoms. The fraction of sp³-hybridized carbons (Fsp3) is 0.316. The second-order valence-corrected chi connectivity index (χ2v) is 7.09. The lowest BCUT2D eigenvalue weighted by molar-refractivity contribution is 0.386.